The van der Waals surface area contributed by atoms with Gasteiger partial charge in [0.25, 0.3) is 15.9 Å². The molecule has 0 saturated carbocycles. The first-order chi connectivity index (χ1) is 14.3. The SMILES string of the molecule is O=C(Nc1ccccc1)c1cc2c(cc1Cl)SC(Nc1ccc(Cl)cc1)=NS2(=O)=O. The van der Waals surface area contributed by atoms with Crippen molar-refractivity contribution in [2.24, 2.45) is 4.40 Å². The Kier molecular flexibility index (Phi) is 5.75. The number of carbonyl (C=O) groups is 1. The van der Waals surface area contributed by atoms with Gasteiger partial charge in [0, 0.05) is 21.3 Å². The molecule has 10 heteroatoms. The van der Waals surface area contributed by atoms with Crippen molar-refractivity contribution < 1.29 is 13.2 Å². The van der Waals surface area contributed by atoms with E-state index in [0.717, 1.165) is 11.8 Å². The normalized spacial score (nSPS) is 14.4. The Labute approximate surface area is 187 Å². The second-order valence-electron chi connectivity index (χ2n) is 6.20. The van der Waals surface area contributed by atoms with Crippen molar-refractivity contribution in [3.63, 3.8) is 0 Å². The molecule has 0 aromatic heterocycles. The summed E-state index contributed by atoms with van der Waals surface area (Å²) in [6.07, 6.45) is 0. The predicted octanol–water partition coefficient (Wildman–Crippen LogP) is 5.51. The molecule has 1 amide bonds. The minimum Gasteiger partial charge on any atom is -0.334 e. The molecule has 0 fully saturated rings. The summed E-state index contributed by atoms with van der Waals surface area (Å²) in [5, 5.41) is 6.51. The van der Waals surface area contributed by atoms with Gasteiger partial charge in [0.2, 0.25) is 0 Å². The summed E-state index contributed by atoms with van der Waals surface area (Å²) in [5.41, 5.74) is 1.25. The van der Waals surface area contributed by atoms with Crippen LogP contribution in [0.3, 0.4) is 0 Å². The van der Waals surface area contributed by atoms with Crippen molar-refractivity contribution in [2.75, 3.05) is 10.6 Å². The van der Waals surface area contributed by atoms with Crippen LogP contribution < -0.4 is 10.6 Å². The van der Waals surface area contributed by atoms with Gasteiger partial charge in [0.1, 0.15) is 4.90 Å². The molecule has 0 saturated heterocycles. The van der Waals surface area contributed by atoms with E-state index < -0.39 is 15.9 Å². The van der Waals surface area contributed by atoms with Crippen LogP contribution in [0.4, 0.5) is 11.4 Å². The Morgan fingerprint density at radius 1 is 0.933 bits per heavy atom. The Morgan fingerprint density at radius 3 is 2.33 bits per heavy atom. The van der Waals surface area contributed by atoms with Crippen LogP contribution in [0.5, 0.6) is 0 Å². The summed E-state index contributed by atoms with van der Waals surface area (Å²) in [7, 11) is -4.03. The Morgan fingerprint density at radius 2 is 1.63 bits per heavy atom. The van der Waals surface area contributed by atoms with Crippen molar-refractivity contribution in [3.8, 4) is 0 Å². The van der Waals surface area contributed by atoms with E-state index in [1.807, 2.05) is 6.07 Å². The molecule has 0 bridgehead atoms. The maximum absolute atomic E-state index is 12.7. The van der Waals surface area contributed by atoms with Gasteiger partial charge in [-0.15, -0.1) is 4.40 Å². The lowest BCUT2D eigenvalue weighted by Crippen LogP contribution is -2.18. The highest BCUT2D eigenvalue weighted by atomic mass is 35.5. The van der Waals surface area contributed by atoms with Gasteiger partial charge in [-0.3, -0.25) is 4.79 Å². The Hall–Kier alpha value is -2.52. The van der Waals surface area contributed by atoms with Crippen molar-refractivity contribution in [3.05, 3.63) is 82.3 Å². The zero-order valence-corrected chi connectivity index (χ0v) is 18.2. The van der Waals surface area contributed by atoms with Crippen LogP contribution in [-0.2, 0) is 10.0 Å². The average Bonchev–Trinajstić information content (AvgIpc) is 2.69. The molecule has 0 aliphatic carbocycles. The highest BCUT2D eigenvalue weighted by Gasteiger charge is 2.29. The number of anilines is 2. The average molecular weight is 478 g/mol. The van der Waals surface area contributed by atoms with E-state index in [1.165, 1.54) is 12.1 Å². The number of hydrogen-bond donors (Lipinski definition) is 2. The van der Waals surface area contributed by atoms with Gasteiger partial charge in [-0.05, 0) is 60.3 Å². The van der Waals surface area contributed by atoms with Gasteiger partial charge in [0.05, 0.1) is 10.6 Å². The zero-order chi connectivity index (χ0) is 21.3. The second-order valence-corrected chi connectivity index (χ2v) is 9.65. The van der Waals surface area contributed by atoms with Crippen LogP contribution in [0.1, 0.15) is 10.4 Å². The van der Waals surface area contributed by atoms with Crippen LogP contribution in [0.15, 0.2) is 80.9 Å². The van der Waals surface area contributed by atoms with Crippen LogP contribution >= 0.6 is 35.0 Å². The Balaban J connectivity index is 1.63. The molecular weight excluding hydrogens is 465 g/mol. The zero-order valence-electron chi connectivity index (χ0n) is 15.1. The number of hydrogen-bond acceptors (Lipinski definition) is 5. The summed E-state index contributed by atoms with van der Waals surface area (Å²) in [4.78, 5) is 12.9. The second kappa shape index (κ2) is 8.31. The lowest BCUT2D eigenvalue weighted by molar-refractivity contribution is 0.102. The van der Waals surface area contributed by atoms with Crippen LogP contribution in [0.2, 0.25) is 10.0 Å². The molecule has 3 aromatic carbocycles. The fourth-order valence-electron chi connectivity index (χ4n) is 2.70. The number of sulfonamides is 1. The summed E-state index contributed by atoms with van der Waals surface area (Å²) < 4.78 is 29.3. The quantitative estimate of drug-likeness (QED) is 0.519. The van der Waals surface area contributed by atoms with Gasteiger partial charge < -0.3 is 10.6 Å². The van der Waals surface area contributed by atoms with Crippen molar-refractivity contribution in [1.82, 2.24) is 0 Å². The smallest absolute Gasteiger partial charge is 0.285 e. The van der Waals surface area contributed by atoms with Gasteiger partial charge in [-0.1, -0.05) is 41.4 Å². The molecule has 30 heavy (non-hydrogen) atoms. The first-order valence-electron chi connectivity index (χ1n) is 8.57. The van der Waals surface area contributed by atoms with E-state index in [2.05, 4.69) is 15.0 Å². The number of nitrogens with zero attached hydrogens (tertiary/aromatic N) is 1. The molecule has 0 atom stereocenters. The molecule has 0 radical (unpaired) electrons. The van der Waals surface area contributed by atoms with Gasteiger partial charge >= 0.3 is 0 Å². The number of fused-ring (bicyclic) bond motifs is 1. The molecule has 1 aliphatic rings. The largest absolute Gasteiger partial charge is 0.334 e. The molecule has 3 aromatic rings. The molecule has 4 rings (SSSR count). The van der Waals surface area contributed by atoms with Crippen LogP contribution in [0, 0.1) is 0 Å². The fourth-order valence-corrected chi connectivity index (χ4v) is 5.68. The van der Waals surface area contributed by atoms with E-state index in [1.54, 1.807) is 48.5 Å². The molecule has 0 unspecified atom stereocenters. The number of rotatable bonds is 3. The Bertz CT molecular complexity index is 1260. The number of para-hydroxylation sites is 1. The monoisotopic (exact) mass is 477 g/mol. The van der Waals surface area contributed by atoms with Gasteiger partial charge in [-0.25, -0.2) is 0 Å². The number of thioether (sulfide) groups is 1. The lowest BCUT2D eigenvalue weighted by atomic mass is 10.2. The third kappa shape index (κ3) is 4.46. The molecule has 2 N–H and O–H groups in total. The third-order valence-electron chi connectivity index (χ3n) is 4.09. The number of nitrogens with one attached hydrogen (secondary N) is 2. The summed E-state index contributed by atoms with van der Waals surface area (Å²) >= 11 is 13.3. The lowest BCUT2D eigenvalue weighted by Gasteiger charge is -2.18. The maximum atomic E-state index is 12.7. The van der Waals surface area contributed by atoms with Crippen molar-refractivity contribution in [1.29, 1.82) is 0 Å². The summed E-state index contributed by atoms with van der Waals surface area (Å²) in [6, 6.07) is 18.3. The topological polar surface area (TPSA) is 87.6 Å². The van der Waals surface area contributed by atoms with Gasteiger partial charge in [0.15, 0.2) is 5.17 Å². The van der Waals surface area contributed by atoms with E-state index in [9.17, 15) is 13.2 Å². The predicted molar refractivity (Wildman–Crippen MR) is 121 cm³/mol. The number of carbonyl (C=O) groups excluding carboxylic acids is 1. The van der Waals surface area contributed by atoms with E-state index >= 15 is 0 Å². The first-order valence-corrected chi connectivity index (χ1v) is 11.6. The summed E-state index contributed by atoms with van der Waals surface area (Å²) in [6.45, 7) is 0. The van der Waals surface area contributed by atoms with Crippen LogP contribution in [0.25, 0.3) is 0 Å². The molecule has 0 spiro atoms. The summed E-state index contributed by atoms with van der Waals surface area (Å²) in [5.74, 6) is -0.511. The van der Waals surface area contributed by atoms with Crippen molar-refractivity contribution >= 4 is 67.4 Å². The molecule has 1 heterocycles. The first kappa shape index (κ1) is 20.7. The minimum absolute atomic E-state index is 0.0488. The van der Waals surface area contributed by atoms with Crippen LogP contribution in [-0.4, -0.2) is 19.5 Å². The van der Waals surface area contributed by atoms with E-state index in [4.69, 9.17) is 23.2 Å². The number of amidine groups is 1. The fraction of sp³-hybridized carbons (Fsp3) is 0. The molecule has 6 nitrogen and oxygen atoms in total. The molecule has 1 aliphatic heterocycles. The number of halogens is 2. The number of benzene rings is 3. The van der Waals surface area contributed by atoms with E-state index in [-0.39, 0.29) is 20.6 Å². The van der Waals surface area contributed by atoms with E-state index in [0.29, 0.717) is 21.3 Å². The number of amides is 1. The molecular formula is C20H13Cl2N3O3S2. The minimum atomic E-state index is -4.03. The third-order valence-corrected chi connectivity index (χ3v) is 7.16. The highest BCUT2D eigenvalue weighted by Crippen LogP contribution is 2.38. The maximum Gasteiger partial charge on any atom is 0.285 e. The standard InChI is InChI=1S/C20H13Cl2N3O3S2/c21-12-6-8-14(9-7-12)24-20-25-30(27,28)18-10-15(16(22)11-17(18)29-20)19(26)23-13-4-2-1-3-5-13/h1-11H,(H,23,26)(H,24,25). The highest BCUT2D eigenvalue weighted by molar-refractivity contribution is 8.15. The van der Waals surface area contributed by atoms with Gasteiger partial charge in [-0.2, -0.15) is 8.42 Å². The molecule has 152 valence electrons. The van der Waals surface area contributed by atoms with Crippen molar-refractivity contribution in [2.45, 2.75) is 9.79 Å².